The summed E-state index contributed by atoms with van der Waals surface area (Å²) in [6.45, 7) is 5.47. The SMILES string of the molecule is CC(C)(C)OC(=O)c1nncc2ccccc12. The van der Waals surface area contributed by atoms with Crippen molar-refractivity contribution in [2.24, 2.45) is 0 Å². The fraction of sp³-hybridized carbons (Fsp3) is 0.308. The molecule has 0 saturated heterocycles. The van der Waals surface area contributed by atoms with Crippen LogP contribution in [0.25, 0.3) is 10.8 Å². The number of benzene rings is 1. The first kappa shape index (κ1) is 11.5. The minimum absolute atomic E-state index is 0.262. The molecule has 17 heavy (non-hydrogen) atoms. The Balaban J connectivity index is 2.45. The third-order valence-corrected chi connectivity index (χ3v) is 2.16. The second kappa shape index (κ2) is 4.13. The number of carbonyl (C=O) groups excluding carboxylic acids is 1. The number of ether oxygens (including phenoxy) is 1. The number of esters is 1. The largest absolute Gasteiger partial charge is 0.455 e. The minimum atomic E-state index is -0.532. The molecule has 4 nitrogen and oxygen atoms in total. The predicted octanol–water partition coefficient (Wildman–Crippen LogP) is 2.59. The maximum atomic E-state index is 11.9. The summed E-state index contributed by atoms with van der Waals surface area (Å²) in [5.74, 6) is -0.443. The highest BCUT2D eigenvalue weighted by Crippen LogP contribution is 2.18. The van der Waals surface area contributed by atoms with Gasteiger partial charge in [-0.15, -0.1) is 5.10 Å². The summed E-state index contributed by atoms with van der Waals surface area (Å²) in [7, 11) is 0. The summed E-state index contributed by atoms with van der Waals surface area (Å²) in [5, 5.41) is 9.32. The smallest absolute Gasteiger partial charge is 0.360 e. The molecule has 0 aliphatic rings. The van der Waals surface area contributed by atoms with Crippen LogP contribution in [0.2, 0.25) is 0 Å². The monoisotopic (exact) mass is 230 g/mol. The van der Waals surface area contributed by atoms with Crippen LogP contribution in [-0.4, -0.2) is 21.8 Å². The zero-order valence-electron chi connectivity index (χ0n) is 10.1. The van der Waals surface area contributed by atoms with Crippen LogP contribution in [0.3, 0.4) is 0 Å². The van der Waals surface area contributed by atoms with Gasteiger partial charge in [-0.1, -0.05) is 24.3 Å². The van der Waals surface area contributed by atoms with Gasteiger partial charge in [0.25, 0.3) is 0 Å². The molecule has 0 bridgehead atoms. The van der Waals surface area contributed by atoms with E-state index in [4.69, 9.17) is 4.74 Å². The zero-order chi connectivity index (χ0) is 12.5. The molecule has 0 atom stereocenters. The van der Waals surface area contributed by atoms with Gasteiger partial charge in [-0.3, -0.25) is 0 Å². The molecule has 0 saturated carbocycles. The molecule has 1 heterocycles. The second-order valence-corrected chi connectivity index (χ2v) is 4.78. The molecule has 1 aromatic heterocycles. The average Bonchev–Trinajstić information content (AvgIpc) is 2.26. The molecule has 2 rings (SSSR count). The van der Waals surface area contributed by atoms with Crippen LogP contribution < -0.4 is 0 Å². The van der Waals surface area contributed by atoms with Gasteiger partial charge in [0.1, 0.15) is 5.60 Å². The van der Waals surface area contributed by atoms with E-state index in [1.54, 1.807) is 6.20 Å². The first-order chi connectivity index (χ1) is 7.97. The third kappa shape index (κ3) is 2.58. The van der Waals surface area contributed by atoms with Gasteiger partial charge < -0.3 is 4.74 Å². The third-order valence-electron chi connectivity index (χ3n) is 2.16. The molecule has 0 aliphatic heterocycles. The topological polar surface area (TPSA) is 52.1 Å². The van der Waals surface area contributed by atoms with Crippen LogP contribution in [-0.2, 0) is 4.74 Å². The van der Waals surface area contributed by atoms with E-state index in [1.165, 1.54) is 0 Å². The minimum Gasteiger partial charge on any atom is -0.455 e. The van der Waals surface area contributed by atoms with Gasteiger partial charge in [0.05, 0.1) is 6.20 Å². The van der Waals surface area contributed by atoms with Crippen molar-refractivity contribution in [2.45, 2.75) is 26.4 Å². The van der Waals surface area contributed by atoms with E-state index in [0.29, 0.717) is 0 Å². The van der Waals surface area contributed by atoms with Crippen LogP contribution in [0.4, 0.5) is 0 Å². The predicted molar refractivity (Wildman–Crippen MR) is 64.7 cm³/mol. The number of carbonyl (C=O) groups is 1. The lowest BCUT2D eigenvalue weighted by atomic mass is 10.1. The molecule has 0 N–H and O–H groups in total. The normalized spacial score (nSPS) is 11.5. The van der Waals surface area contributed by atoms with Gasteiger partial charge in [0, 0.05) is 10.8 Å². The van der Waals surface area contributed by atoms with E-state index >= 15 is 0 Å². The number of hydrogen-bond donors (Lipinski definition) is 0. The maximum Gasteiger partial charge on any atom is 0.360 e. The Morgan fingerprint density at radius 3 is 2.65 bits per heavy atom. The Morgan fingerprint density at radius 2 is 1.94 bits per heavy atom. The van der Waals surface area contributed by atoms with E-state index < -0.39 is 11.6 Å². The molecule has 4 heteroatoms. The van der Waals surface area contributed by atoms with Crippen molar-refractivity contribution in [3.05, 3.63) is 36.2 Å². The van der Waals surface area contributed by atoms with Crippen LogP contribution in [0.15, 0.2) is 30.5 Å². The molecule has 0 spiro atoms. The standard InChI is InChI=1S/C13H14N2O2/c1-13(2,3)17-12(16)11-10-7-5-4-6-9(10)8-14-15-11/h4-8H,1-3H3. The first-order valence-corrected chi connectivity index (χ1v) is 5.41. The van der Waals surface area contributed by atoms with Gasteiger partial charge in [0.2, 0.25) is 0 Å². The number of rotatable bonds is 1. The summed E-state index contributed by atoms with van der Waals surface area (Å²) in [5.41, 5.74) is -0.270. The summed E-state index contributed by atoms with van der Waals surface area (Å²) < 4.78 is 5.29. The quantitative estimate of drug-likeness (QED) is 0.706. The lowest BCUT2D eigenvalue weighted by molar-refractivity contribution is 0.00642. The van der Waals surface area contributed by atoms with Crippen molar-refractivity contribution in [3.8, 4) is 0 Å². The molecular weight excluding hydrogens is 216 g/mol. The number of nitrogens with zero attached hydrogens (tertiary/aromatic N) is 2. The second-order valence-electron chi connectivity index (χ2n) is 4.78. The Bertz CT molecular complexity index is 553. The summed E-state index contributed by atoms with van der Waals surface area (Å²) >= 11 is 0. The maximum absolute atomic E-state index is 11.9. The number of fused-ring (bicyclic) bond motifs is 1. The van der Waals surface area contributed by atoms with Crippen molar-refractivity contribution in [1.29, 1.82) is 0 Å². The highest BCUT2D eigenvalue weighted by atomic mass is 16.6. The number of aromatic nitrogens is 2. The first-order valence-electron chi connectivity index (χ1n) is 5.41. The van der Waals surface area contributed by atoms with Crippen LogP contribution in [0, 0.1) is 0 Å². The molecule has 88 valence electrons. The van der Waals surface area contributed by atoms with Crippen molar-refractivity contribution >= 4 is 16.7 Å². The Hall–Kier alpha value is -1.97. The van der Waals surface area contributed by atoms with Crippen molar-refractivity contribution in [2.75, 3.05) is 0 Å². The summed E-state index contributed by atoms with van der Waals surface area (Å²) in [6, 6.07) is 7.47. The molecular formula is C13H14N2O2. The fourth-order valence-corrected chi connectivity index (χ4v) is 1.51. The highest BCUT2D eigenvalue weighted by Gasteiger charge is 2.21. The zero-order valence-corrected chi connectivity index (χ0v) is 10.1. The van der Waals surface area contributed by atoms with Crippen molar-refractivity contribution in [3.63, 3.8) is 0 Å². The van der Waals surface area contributed by atoms with E-state index in [-0.39, 0.29) is 5.69 Å². The lowest BCUT2D eigenvalue weighted by Gasteiger charge is -2.19. The van der Waals surface area contributed by atoms with E-state index in [2.05, 4.69) is 10.2 Å². The number of hydrogen-bond acceptors (Lipinski definition) is 4. The van der Waals surface area contributed by atoms with Gasteiger partial charge in [0.15, 0.2) is 5.69 Å². The molecule has 2 aromatic rings. The molecule has 0 aliphatic carbocycles. The molecule has 0 amide bonds. The Kier molecular flexibility index (Phi) is 2.79. The lowest BCUT2D eigenvalue weighted by Crippen LogP contribution is -2.24. The molecule has 0 radical (unpaired) electrons. The highest BCUT2D eigenvalue weighted by molar-refractivity contribution is 6.02. The van der Waals surface area contributed by atoms with E-state index in [9.17, 15) is 4.79 Å². The van der Waals surface area contributed by atoms with Crippen molar-refractivity contribution < 1.29 is 9.53 Å². The van der Waals surface area contributed by atoms with Gasteiger partial charge in [-0.05, 0) is 20.8 Å². The summed E-state index contributed by atoms with van der Waals surface area (Å²) in [6.07, 6.45) is 1.63. The molecule has 0 fully saturated rings. The summed E-state index contributed by atoms with van der Waals surface area (Å²) in [4.78, 5) is 11.9. The van der Waals surface area contributed by atoms with Gasteiger partial charge in [-0.25, -0.2) is 4.79 Å². The Labute approximate surface area is 99.6 Å². The molecule has 0 unspecified atom stereocenters. The van der Waals surface area contributed by atoms with Crippen LogP contribution in [0.1, 0.15) is 31.3 Å². The van der Waals surface area contributed by atoms with Crippen molar-refractivity contribution in [1.82, 2.24) is 10.2 Å². The van der Waals surface area contributed by atoms with Gasteiger partial charge in [-0.2, -0.15) is 5.10 Å². The Morgan fingerprint density at radius 1 is 1.24 bits per heavy atom. The fourth-order valence-electron chi connectivity index (χ4n) is 1.51. The molecule has 1 aromatic carbocycles. The van der Waals surface area contributed by atoms with E-state index in [1.807, 2.05) is 45.0 Å². The average molecular weight is 230 g/mol. The van der Waals surface area contributed by atoms with Crippen LogP contribution in [0.5, 0.6) is 0 Å². The van der Waals surface area contributed by atoms with Gasteiger partial charge >= 0.3 is 5.97 Å². The van der Waals surface area contributed by atoms with Crippen LogP contribution >= 0.6 is 0 Å². The van der Waals surface area contributed by atoms with E-state index in [0.717, 1.165) is 10.8 Å².